The van der Waals surface area contributed by atoms with E-state index in [0.29, 0.717) is 24.5 Å². The first-order chi connectivity index (χ1) is 8.63. The van der Waals surface area contributed by atoms with Crippen LogP contribution in [-0.2, 0) is 0 Å². The summed E-state index contributed by atoms with van der Waals surface area (Å²) in [6, 6.07) is 4.74. The van der Waals surface area contributed by atoms with E-state index in [4.69, 9.17) is 9.84 Å². The maximum absolute atomic E-state index is 11.1. The van der Waals surface area contributed by atoms with Crippen molar-refractivity contribution in [3.63, 3.8) is 0 Å². The van der Waals surface area contributed by atoms with Crippen LogP contribution in [-0.4, -0.2) is 36.8 Å². The van der Waals surface area contributed by atoms with Crippen molar-refractivity contribution in [3.8, 4) is 5.75 Å². The second kappa shape index (κ2) is 6.80. The van der Waals surface area contributed by atoms with Gasteiger partial charge in [0.15, 0.2) is 0 Å². The number of methoxy groups -OCH3 is 1. The number of anilines is 1. The monoisotopic (exact) mass is 254 g/mol. The van der Waals surface area contributed by atoms with E-state index in [-0.39, 0.29) is 12.3 Å². The normalized spacial score (nSPS) is 10.2. The van der Waals surface area contributed by atoms with Crippen molar-refractivity contribution in [2.45, 2.75) is 13.3 Å². The molecule has 0 saturated carbocycles. The molecule has 0 radical (unpaired) electrons. The molecule has 0 aliphatic rings. The fourth-order valence-electron chi connectivity index (χ4n) is 1.79. The molecule has 18 heavy (non-hydrogen) atoms. The maximum Gasteiger partial charge on any atom is 0.296 e. The second-order valence-corrected chi connectivity index (χ2v) is 3.82. The van der Waals surface area contributed by atoms with Crippen molar-refractivity contribution >= 4 is 11.4 Å². The number of aliphatic hydroxyl groups is 1. The lowest BCUT2D eigenvalue weighted by Gasteiger charge is -2.23. The Kier molecular flexibility index (Phi) is 5.38. The van der Waals surface area contributed by atoms with Crippen LogP contribution in [0.3, 0.4) is 0 Å². The summed E-state index contributed by atoms with van der Waals surface area (Å²) in [6.45, 7) is 2.98. The van der Waals surface area contributed by atoms with Gasteiger partial charge in [0.25, 0.3) is 5.69 Å². The summed E-state index contributed by atoms with van der Waals surface area (Å²) in [5.41, 5.74) is 0.507. The highest BCUT2D eigenvalue weighted by molar-refractivity contribution is 5.65. The highest BCUT2D eigenvalue weighted by atomic mass is 16.6. The Bertz CT molecular complexity index is 403. The van der Waals surface area contributed by atoms with Crippen molar-refractivity contribution < 1.29 is 14.8 Å². The number of rotatable bonds is 7. The topological polar surface area (TPSA) is 75.8 Å². The van der Waals surface area contributed by atoms with Crippen LogP contribution in [0.4, 0.5) is 11.4 Å². The summed E-state index contributed by atoms with van der Waals surface area (Å²) < 4.78 is 4.99. The second-order valence-electron chi connectivity index (χ2n) is 3.82. The molecule has 1 aromatic carbocycles. The van der Waals surface area contributed by atoms with Crippen LogP contribution in [0.25, 0.3) is 0 Å². The molecule has 0 spiro atoms. The zero-order valence-corrected chi connectivity index (χ0v) is 10.6. The van der Waals surface area contributed by atoms with E-state index >= 15 is 0 Å². The lowest BCUT2D eigenvalue weighted by Crippen LogP contribution is -2.28. The van der Waals surface area contributed by atoms with Crippen molar-refractivity contribution in [3.05, 3.63) is 28.3 Å². The maximum atomic E-state index is 11.1. The Hall–Kier alpha value is -1.82. The summed E-state index contributed by atoms with van der Waals surface area (Å²) in [4.78, 5) is 12.4. The molecule has 100 valence electrons. The summed E-state index contributed by atoms with van der Waals surface area (Å²) in [5, 5.41) is 20.1. The van der Waals surface area contributed by atoms with Gasteiger partial charge in [0.05, 0.1) is 24.7 Å². The molecule has 0 unspecified atom stereocenters. The molecule has 0 aliphatic heterocycles. The Balaban J connectivity index is 3.15. The lowest BCUT2D eigenvalue weighted by molar-refractivity contribution is -0.384. The van der Waals surface area contributed by atoms with Crippen LogP contribution in [0, 0.1) is 10.1 Å². The van der Waals surface area contributed by atoms with Crippen LogP contribution >= 0.6 is 0 Å². The molecule has 0 amide bonds. The molecule has 0 aliphatic carbocycles. The van der Waals surface area contributed by atoms with Crippen LogP contribution in [0.5, 0.6) is 5.75 Å². The fraction of sp³-hybridized carbons (Fsp3) is 0.500. The number of aliphatic hydroxyl groups excluding tert-OH is 1. The molecule has 1 aromatic rings. The molecule has 0 atom stereocenters. The predicted molar refractivity (Wildman–Crippen MR) is 69.2 cm³/mol. The van der Waals surface area contributed by atoms with E-state index in [2.05, 4.69) is 0 Å². The summed E-state index contributed by atoms with van der Waals surface area (Å²) >= 11 is 0. The number of hydrogen-bond donors (Lipinski definition) is 1. The Morgan fingerprint density at radius 3 is 2.67 bits per heavy atom. The first-order valence-corrected chi connectivity index (χ1v) is 5.82. The lowest BCUT2D eigenvalue weighted by atomic mass is 10.2. The first-order valence-electron chi connectivity index (χ1n) is 5.82. The van der Waals surface area contributed by atoms with Crippen LogP contribution in [0.15, 0.2) is 18.2 Å². The molecular formula is C12H18N2O4. The molecule has 1 rings (SSSR count). The highest BCUT2D eigenvalue weighted by Crippen LogP contribution is 2.31. The van der Waals surface area contributed by atoms with Gasteiger partial charge in [-0.15, -0.1) is 0 Å². The Morgan fingerprint density at radius 1 is 1.44 bits per heavy atom. The minimum Gasteiger partial charge on any atom is -0.496 e. The van der Waals surface area contributed by atoms with Crippen molar-refractivity contribution in [2.24, 2.45) is 0 Å². The smallest absolute Gasteiger partial charge is 0.296 e. The van der Waals surface area contributed by atoms with E-state index in [0.717, 1.165) is 6.42 Å². The van der Waals surface area contributed by atoms with Crippen LogP contribution in [0.1, 0.15) is 13.3 Å². The van der Waals surface area contributed by atoms with Gasteiger partial charge in [-0.2, -0.15) is 0 Å². The number of nitrogens with zero attached hydrogens (tertiary/aromatic N) is 2. The Labute approximate surface area is 106 Å². The number of benzene rings is 1. The SMILES string of the molecule is CCCN(CCO)c1ccc(OC)cc1[N+](=O)[O-]. The van der Waals surface area contributed by atoms with E-state index < -0.39 is 4.92 Å². The third-order valence-electron chi connectivity index (χ3n) is 2.58. The molecular weight excluding hydrogens is 236 g/mol. The van der Waals surface area contributed by atoms with E-state index in [1.54, 1.807) is 17.0 Å². The molecule has 6 heteroatoms. The number of nitro groups is 1. The van der Waals surface area contributed by atoms with Gasteiger partial charge >= 0.3 is 0 Å². The number of ether oxygens (including phenoxy) is 1. The van der Waals surface area contributed by atoms with Gasteiger partial charge in [0.1, 0.15) is 11.4 Å². The zero-order valence-electron chi connectivity index (χ0n) is 10.6. The quantitative estimate of drug-likeness (QED) is 0.593. The molecule has 0 heterocycles. The predicted octanol–water partition coefficient (Wildman–Crippen LogP) is 1.81. The number of nitro benzene ring substituents is 1. The summed E-state index contributed by atoms with van der Waals surface area (Å²) in [5.74, 6) is 0.450. The average molecular weight is 254 g/mol. The zero-order chi connectivity index (χ0) is 13.5. The van der Waals surface area contributed by atoms with Gasteiger partial charge in [-0.05, 0) is 18.6 Å². The minimum atomic E-state index is -0.433. The largest absolute Gasteiger partial charge is 0.496 e. The molecule has 6 nitrogen and oxygen atoms in total. The highest BCUT2D eigenvalue weighted by Gasteiger charge is 2.19. The van der Waals surface area contributed by atoms with Gasteiger partial charge in [-0.25, -0.2) is 0 Å². The third kappa shape index (κ3) is 3.33. The number of hydrogen-bond acceptors (Lipinski definition) is 5. The van der Waals surface area contributed by atoms with E-state index in [9.17, 15) is 10.1 Å². The van der Waals surface area contributed by atoms with Gasteiger partial charge < -0.3 is 14.7 Å². The standard InChI is InChI=1S/C12H18N2O4/c1-3-6-13(7-8-15)11-5-4-10(18-2)9-12(11)14(16)17/h4-5,9,15H,3,6-8H2,1-2H3. The molecule has 0 aromatic heterocycles. The van der Waals surface area contributed by atoms with Crippen LogP contribution in [0.2, 0.25) is 0 Å². The van der Waals surface area contributed by atoms with Crippen molar-refractivity contribution in [1.82, 2.24) is 0 Å². The third-order valence-corrected chi connectivity index (χ3v) is 2.58. The average Bonchev–Trinajstić information content (AvgIpc) is 2.37. The first kappa shape index (κ1) is 14.2. The molecule has 1 N–H and O–H groups in total. The Morgan fingerprint density at radius 2 is 2.17 bits per heavy atom. The molecule has 0 saturated heterocycles. The van der Waals surface area contributed by atoms with E-state index in [1.165, 1.54) is 13.2 Å². The summed E-state index contributed by atoms with van der Waals surface area (Å²) in [6.07, 6.45) is 0.850. The van der Waals surface area contributed by atoms with Gasteiger partial charge in [-0.3, -0.25) is 10.1 Å². The van der Waals surface area contributed by atoms with Crippen molar-refractivity contribution in [2.75, 3.05) is 31.7 Å². The van der Waals surface area contributed by atoms with Crippen LogP contribution < -0.4 is 9.64 Å². The van der Waals surface area contributed by atoms with Gasteiger partial charge in [-0.1, -0.05) is 6.92 Å². The van der Waals surface area contributed by atoms with E-state index in [1.807, 2.05) is 6.92 Å². The fourth-order valence-corrected chi connectivity index (χ4v) is 1.79. The van der Waals surface area contributed by atoms with Gasteiger partial charge in [0, 0.05) is 13.1 Å². The molecule has 0 fully saturated rings. The molecule has 0 bridgehead atoms. The summed E-state index contributed by atoms with van der Waals surface area (Å²) in [7, 11) is 1.47. The van der Waals surface area contributed by atoms with Crippen molar-refractivity contribution in [1.29, 1.82) is 0 Å². The van der Waals surface area contributed by atoms with Gasteiger partial charge in [0.2, 0.25) is 0 Å². The minimum absolute atomic E-state index is 0.00347.